The molecule has 2 bridgehead atoms. The van der Waals surface area contributed by atoms with Gasteiger partial charge in [-0.05, 0) is 130 Å². The molecule has 0 aliphatic heterocycles. The van der Waals surface area contributed by atoms with Crippen molar-refractivity contribution >= 4 is 28.3 Å². The van der Waals surface area contributed by atoms with E-state index in [-0.39, 0.29) is 22.0 Å². The number of rotatable bonds is 7. The third-order valence-corrected chi connectivity index (χ3v) is 14.4. The monoisotopic (exact) mass is 798 g/mol. The fourth-order valence-electron chi connectivity index (χ4n) is 10.9. The Labute approximate surface area is 363 Å². The van der Waals surface area contributed by atoms with Crippen molar-refractivity contribution in [1.29, 1.82) is 0 Å². The first kappa shape index (κ1) is 39.1. The summed E-state index contributed by atoms with van der Waals surface area (Å²) >= 11 is 0. The van der Waals surface area contributed by atoms with E-state index < -0.39 is 0 Å². The van der Waals surface area contributed by atoms with Crippen molar-refractivity contribution in [2.45, 2.75) is 102 Å². The Morgan fingerprint density at radius 1 is 0.639 bits per heavy atom. The van der Waals surface area contributed by atoms with Crippen molar-refractivity contribution in [2.75, 3.05) is 10.2 Å². The molecule has 0 saturated carbocycles. The third-order valence-electron chi connectivity index (χ3n) is 14.4. The van der Waals surface area contributed by atoms with Gasteiger partial charge in [-0.1, -0.05) is 157 Å². The molecule has 0 radical (unpaired) electrons. The van der Waals surface area contributed by atoms with Crippen LogP contribution in [0, 0.1) is 0 Å². The molecule has 10 rings (SSSR count). The average Bonchev–Trinajstić information content (AvgIpc) is 3.50. The quantitative estimate of drug-likeness (QED) is 0.158. The normalized spacial score (nSPS) is 19.4. The van der Waals surface area contributed by atoms with E-state index in [1.165, 1.54) is 44.6 Å². The van der Waals surface area contributed by atoms with Crippen LogP contribution >= 0.6 is 0 Å². The first-order valence-corrected chi connectivity index (χ1v) is 22.4. The van der Waals surface area contributed by atoms with Crippen LogP contribution in [0.2, 0.25) is 0 Å². The molecule has 3 heteroatoms. The molecule has 0 spiro atoms. The number of phenolic OH excluding ortho intramolecular Hbond substituents is 1. The van der Waals surface area contributed by atoms with Crippen LogP contribution in [-0.4, -0.2) is 5.11 Å². The lowest BCUT2D eigenvalue weighted by atomic mass is 9.64. The summed E-state index contributed by atoms with van der Waals surface area (Å²) in [6.45, 7) is 16.9. The maximum atomic E-state index is 11.3. The minimum atomic E-state index is -0.204. The van der Waals surface area contributed by atoms with Crippen LogP contribution in [0.15, 0.2) is 163 Å². The highest BCUT2D eigenvalue weighted by molar-refractivity contribution is 5.86. The van der Waals surface area contributed by atoms with Gasteiger partial charge in [0.05, 0.1) is 0 Å². The molecular formula is C58H58N2O. The summed E-state index contributed by atoms with van der Waals surface area (Å²) in [5.74, 6) is 0.889. The first-order chi connectivity index (χ1) is 29.3. The first-order valence-electron chi connectivity index (χ1n) is 22.4. The van der Waals surface area contributed by atoms with Crippen LogP contribution in [0.3, 0.4) is 0 Å². The molecule has 0 amide bonds. The molecule has 4 aliphatic rings. The third kappa shape index (κ3) is 6.56. The zero-order valence-corrected chi connectivity index (χ0v) is 36.8. The van der Waals surface area contributed by atoms with Crippen LogP contribution in [0.25, 0.3) is 16.7 Å². The van der Waals surface area contributed by atoms with Crippen molar-refractivity contribution in [2.24, 2.45) is 0 Å². The number of anilines is 4. The van der Waals surface area contributed by atoms with Gasteiger partial charge < -0.3 is 15.3 Å². The topological polar surface area (TPSA) is 35.5 Å². The highest BCUT2D eigenvalue weighted by Gasteiger charge is 2.51. The molecule has 6 aromatic rings. The van der Waals surface area contributed by atoms with Gasteiger partial charge >= 0.3 is 0 Å². The van der Waals surface area contributed by atoms with Crippen LogP contribution in [0.4, 0.5) is 22.7 Å². The zero-order valence-electron chi connectivity index (χ0n) is 36.8. The zero-order chi connectivity index (χ0) is 42.3. The van der Waals surface area contributed by atoms with E-state index in [0.29, 0.717) is 11.8 Å². The predicted octanol–water partition coefficient (Wildman–Crippen LogP) is 15.5. The largest absolute Gasteiger partial charge is 0.507 e. The van der Waals surface area contributed by atoms with E-state index in [1.807, 2.05) is 24.3 Å². The molecule has 2 atom stereocenters. The Bertz CT molecular complexity index is 2760. The second kappa shape index (κ2) is 14.5. The van der Waals surface area contributed by atoms with Gasteiger partial charge in [-0.2, -0.15) is 0 Å². The van der Waals surface area contributed by atoms with E-state index in [1.54, 1.807) is 11.1 Å². The van der Waals surface area contributed by atoms with Gasteiger partial charge in [-0.25, -0.2) is 0 Å². The van der Waals surface area contributed by atoms with Crippen molar-refractivity contribution in [3.63, 3.8) is 0 Å². The summed E-state index contributed by atoms with van der Waals surface area (Å²) in [6, 6.07) is 48.5. The average molecular weight is 799 g/mol. The van der Waals surface area contributed by atoms with Crippen molar-refractivity contribution in [1.82, 2.24) is 0 Å². The molecule has 4 aliphatic carbocycles. The highest BCUT2D eigenvalue weighted by atomic mass is 16.3. The standard InChI is InChI=1S/C58H58N2O/c1-56(2,3)40-34-49-55-50(35-40)58(6,7)48-23-16-22-45(54(48)55)47-33-39(57(49,4)5)25-31-52(47)60(43-30-32-53(61)46(36-43)38-19-12-9-13-20-38)42-28-26-41(27-29-42)59-51-24-15-14-21-44(51)37-17-10-8-11-18-37/h8-13,17-21,23-36,45,54,59,61H,14-16,22H2,1-7H3. The Kier molecular flexibility index (Phi) is 9.32. The predicted molar refractivity (Wildman–Crippen MR) is 257 cm³/mol. The van der Waals surface area contributed by atoms with Crippen LogP contribution in [0.1, 0.15) is 125 Å². The molecule has 61 heavy (non-hydrogen) atoms. The van der Waals surface area contributed by atoms with Gasteiger partial charge in [0, 0.05) is 56.3 Å². The van der Waals surface area contributed by atoms with Gasteiger partial charge in [-0.3, -0.25) is 0 Å². The van der Waals surface area contributed by atoms with E-state index in [0.717, 1.165) is 59.6 Å². The molecule has 0 heterocycles. The number of allylic oxidation sites excluding steroid dienone is 5. The number of nitrogens with one attached hydrogen (secondary N) is 1. The van der Waals surface area contributed by atoms with E-state index >= 15 is 0 Å². The van der Waals surface area contributed by atoms with Gasteiger partial charge in [0.15, 0.2) is 0 Å². The second-order valence-electron chi connectivity index (χ2n) is 19.8. The number of hydrogen-bond acceptors (Lipinski definition) is 3. The highest BCUT2D eigenvalue weighted by Crippen LogP contribution is 2.63. The molecule has 306 valence electrons. The van der Waals surface area contributed by atoms with Crippen molar-refractivity contribution in [3.05, 3.63) is 202 Å². The summed E-state index contributed by atoms with van der Waals surface area (Å²) < 4.78 is 0. The Morgan fingerprint density at radius 2 is 1.30 bits per heavy atom. The van der Waals surface area contributed by atoms with E-state index in [2.05, 4.69) is 186 Å². The smallest absolute Gasteiger partial charge is 0.123 e. The van der Waals surface area contributed by atoms with Gasteiger partial charge in [-0.15, -0.1) is 0 Å². The van der Waals surface area contributed by atoms with Gasteiger partial charge in [0.2, 0.25) is 0 Å². The Morgan fingerprint density at radius 3 is 2.00 bits per heavy atom. The molecule has 6 aromatic carbocycles. The summed E-state index contributed by atoms with van der Waals surface area (Å²) in [5, 5.41) is 15.1. The number of benzene rings is 6. The molecule has 3 nitrogen and oxygen atoms in total. The molecular weight excluding hydrogens is 741 g/mol. The molecule has 0 aromatic heterocycles. The fraction of sp³-hybridized carbons (Fsp3) is 0.276. The van der Waals surface area contributed by atoms with Gasteiger partial charge in [0.25, 0.3) is 0 Å². The molecule has 2 unspecified atom stereocenters. The van der Waals surface area contributed by atoms with Crippen LogP contribution in [0.5, 0.6) is 5.75 Å². The van der Waals surface area contributed by atoms with Crippen molar-refractivity contribution in [3.8, 4) is 16.9 Å². The van der Waals surface area contributed by atoms with Crippen LogP contribution in [-0.2, 0) is 16.2 Å². The maximum Gasteiger partial charge on any atom is 0.123 e. The van der Waals surface area contributed by atoms with Crippen molar-refractivity contribution < 1.29 is 5.11 Å². The number of phenols is 1. The maximum absolute atomic E-state index is 11.3. The molecule has 0 fully saturated rings. The SMILES string of the molecule is CC(C)(C)c1cc2c3c(c1)C(C)(C)c1ccc(N(c4ccc(NC5=CCCC=C5c5ccccc5)cc4)c4ccc(O)c(-c5ccccc5)c4)c(c1)C1CCC=C(C31)C2(C)C. The fourth-order valence-corrected chi connectivity index (χ4v) is 10.9. The summed E-state index contributed by atoms with van der Waals surface area (Å²) in [4.78, 5) is 2.45. The summed E-state index contributed by atoms with van der Waals surface area (Å²) in [7, 11) is 0. The Balaban J connectivity index is 1.14. The van der Waals surface area contributed by atoms with E-state index in [9.17, 15) is 5.11 Å². The lowest BCUT2D eigenvalue weighted by Gasteiger charge is -2.41. The van der Waals surface area contributed by atoms with E-state index in [4.69, 9.17) is 0 Å². The lowest BCUT2D eigenvalue weighted by Crippen LogP contribution is -2.29. The number of hydrogen-bond donors (Lipinski definition) is 2. The molecule has 2 N–H and O–H groups in total. The minimum absolute atomic E-state index is 0.0408. The summed E-state index contributed by atoms with van der Waals surface area (Å²) in [5.41, 5.74) is 19.9. The second-order valence-corrected chi connectivity index (χ2v) is 19.8. The summed E-state index contributed by atoms with van der Waals surface area (Å²) in [6.07, 6.45) is 11.5. The number of aromatic hydroxyl groups is 1. The Hall–Kier alpha value is -6.06. The van der Waals surface area contributed by atoms with Crippen LogP contribution < -0.4 is 10.2 Å². The number of fused-ring (bicyclic) bond motifs is 3. The van der Waals surface area contributed by atoms with Gasteiger partial charge in [0.1, 0.15) is 5.75 Å². The lowest BCUT2D eigenvalue weighted by molar-refractivity contribution is 0.477. The minimum Gasteiger partial charge on any atom is -0.507 e. The number of nitrogens with zero attached hydrogens (tertiary/aromatic N) is 1. The molecule has 0 saturated heterocycles.